The van der Waals surface area contributed by atoms with Crippen LogP contribution in [0.2, 0.25) is 0 Å². The van der Waals surface area contributed by atoms with Gasteiger partial charge in [-0.3, -0.25) is 0 Å². The van der Waals surface area contributed by atoms with Gasteiger partial charge in [0.1, 0.15) is 0 Å². The summed E-state index contributed by atoms with van der Waals surface area (Å²) in [6.45, 7) is 0. The molecule has 2 aromatic heterocycles. The molecule has 0 amide bonds. The fraction of sp³-hybridized carbons (Fsp3) is 0.0588. The Morgan fingerprint density at radius 2 is 1.20 bits per heavy atom. The lowest BCUT2D eigenvalue weighted by Gasteiger charge is -2.13. The van der Waals surface area contributed by atoms with Crippen LogP contribution < -0.4 is 0 Å². The zero-order valence-corrected chi connectivity index (χ0v) is 19.2. The first-order chi connectivity index (χ1) is 17.3. The van der Waals surface area contributed by atoms with E-state index in [0.29, 0.717) is 0 Å². The quantitative estimate of drug-likeness (QED) is 0.207. The van der Waals surface area contributed by atoms with E-state index in [4.69, 9.17) is 0 Å². The van der Waals surface area contributed by atoms with Crippen molar-refractivity contribution in [3.63, 3.8) is 0 Å². The molecule has 0 N–H and O–H groups in total. The second-order valence-electron chi connectivity index (χ2n) is 10.1. The average Bonchev–Trinajstić information content (AvgIpc) is 3.58. The summed E-state index contributed by atoms with van der Waals surface area (Å²) in [7, 11) is 0. The molecule has 35 heavy (non-hydrogen) atoms. The molecule has 0 radical (unpaired) electrons. The third-order valence-corrected chi connectivity index (χ3v) is 8.39. The van der Waals surface area contributed by atoms with Crippen molar-refractivity contribution < 1.29 is 0 Å². The summed E-state index contributed by atoms with van der Waals surface area (Å²) < 4.78 is 2.48. The van der Waals surface area contributed by atoms with Crippen molar-refractivity contribution in [2.45, 2.75) is 12.8 Å². The summed E-state index contributed by atoms with van der Waals surface area (Å²) in [6, 6.07) is 38.7. The van der Waals surface area contributed by atoms with Gasteiger partial charge in [0.15, 0.2) is 0 Å². The van der Waals surface area contributed by atoms with Crippen molar-refractivity contribution in [2.24, 2.45) is 0 Å². The van der Waals surface area contributed by atoms with Crippen molar-refractivity contribution in [2.75, 3.05) is 0 Å². The van der Waals surface area contributed by atoms with Gasteiger partial charge in [0, 0.05) is 16.2 Å². The Labute approximate surface area is 202 Å². The molecule has 2 aliphatic rings. The molecule has 0 unspecified atom stereocenters. The maximum absolute atomic E-state index is 2.48. The van der Waals surface area contributed by atoms with Crippen molar-refractivity contribution >= 4 is 38.1 Å². The molecule has 0 atom stereocenters. The lowest BCUT2D eigenvalue weighted by atomic mass is 9.95. The smallest absolute Gasteiger partial charge is 0.0550 e. The molecule has 2 heterocycles. The van der Waals surface area contributed by atoms with Crippen LogP contribution in [0.5, 0.6) is 0 Å². The molecule has 0 saturated carbocycles. The molecule has 0 spiro atoms. The van der Waals surface area contributed by atoms with Crippen molar-refractivity contribution in [3.05, 3.63) is 125 Å². The average molecular weight is 444 g/mol. The molecular weight excluding hydrogens is 422 g/mol. The second-order valence-corrected chi connectivity index (χ2v) is 10.1. The number of fused-ring (bicyclic) bond motifs is 15. The second kappa shape index (κ2) is 6.20. The Balaban J connectivity index is 1.40. The molecule has 5 aromatic carbocycles. The fourth-order valence-electron chi connectivity index (χ4n) is 6.91. The topological polar surface area (TPSA) is 4.41 Å². The summed E-state index contributed by atoms with van der Waals surface area (Å²) in [5.41, 5.74) is 15.4. The molecule has 1 heteroatoms. The molecule has 9 rings (SSSR count). The number of rotatable bonds is 0. The maximum atomic E-state index is 2.48. The van der Waals surface area contributed by atoms with Crippen LogP contribution in [0.1, 0.15) is 22.3 Å². The highest BCUT2D eigenvalue weighted by Gasteiger charge is 2.27. The van der Waals surface area contributed by atoms with E-state index in [1.807, 2.05) is 0 Å². The third-order valence-electron chi connectivity index (χ3n) is 8.39. The Kier molecular flexibility index (Phi) is 3.19. The molecule has 162 valence electrons. The van der Waals surface area contributed by atoms with Crippen molar-refractivity contribution in [1.82, 2.24) is 4.40 Å². The van der Waals surface area contributed by atoms with E-state index >= 15 is 0 Å². The lowest BCUT2D eigenvalue weighted by Crippen LogP contribution is -1.94. The summed E-state index contributed by atoms with van der Waals surface area (Å²) in [5.74, 6) is 0. The zero-order valence-electron chi connectivity index (χ0n) is 19.2. The molecular formula is C34H21N. The van der Waals surface area contributed by atoms with Gasteiger partial charge in [-0.05, 0) is 93.1 Å². The van der Waals surface area contributed by atoms with Crippen LogP contribution in [0.4, 0.5) is 0 Å². The van der Waals surface area contributed by atoms with Crippen LogP contribution in [0.25, 0.3) is 60.3 Å². The Morgan fingerprint density at radius 1 is 0.457 bits per heavy atom. The standard InChI is InChI=1S/C34H21N/c1-3-9-24-20(7-1)15-22-16-29-23(17-28(22)24)18-30-25(29)13-14-27-26-10-4-6-12-32(26)35-31-11-5-2-8-21(31)19-33(35)34(27)30/h1-14,16-17,19H,15,18H2. The molecule has 1 nitrogen and oxygen atoms in total. The van der Waals surface area contributed by atoms with E-state index in [-0.39, 0.29) is 0 Å². The Hall–Kier alpha value is -4.36. The first-order valence-electron chi connectivity index (χ1n) is 12.5. The van der Waals surface area contributed by atoms with Crippen LogP contribution in [0, 0.1) is 0 Å². The first kappa shape index (κ1) is 18.0. The van der Waals surface area contributed by atoms with E-state index in [1.165, 1.54) is 82.6 Å². The molecule has 0 saturated heterocycles. The highest BCUT2D eigenvalue weighted by molar-refractivity contribution is 6.18. The number of pyridine rings is 1. The maximum Gasteiger partial charge on any atom is 0.0550 e. The first-order valence-corrected chi connectivity index (χ1v) is 12.5. The molecule has 0 aliphatic heterocycles. The highest BCUT2D eigenvalue weighted by atomic mass is 14.9. The van der Waals surface area contributed by atoms with Gasteiger partial charge in [0.25, 0.3) is 0 Å². The molecule has 0 bridgehead atoms. The van der Waals surface area contributed by atoms with Gasteiger partial charge in [-0.15, -0.1) is 0 Å². The number of aromatic nitrogens is 1. The largest absolute Gasteiger partial charge is 0.309 e. The Morgan fingerprint density at radius 3 is 2.14 bits per heavy atom. The lowest BCUT2D eigenvalue weighted by molar-refractivity contribution is 1.24. The van der Waals surface area contributed by atoms with E-state index < -0.39 is 0 Å². The minimum absolute atomic E-state index is 0.993. The zero-order chi connectivity index (χ0) is 22.7. The summed E-state index contributed by atoms with van der Waals surface area (Å²) in [6.07, 6.45) is 2.04. The van der Waals surface area contributed by atoms with Gasteiger partial charge in [0.2, 0.25) is 0 Å². The number of hydrogen-bond donors (Lipinski definition) is 0. The summed E-state index contributed by atoms with van der Waals surface area (Å²) in [5, 5.41) is 5.40. The van der Waals surface area contributed by atoms with Crippen LogP contribution in [0.3, 0.4) is 0 Å². The number of para-hydroxylation sites is 2. The van der Waals surface area contributed by atoms with Crippen LogP contribution in [-0.4, -0.2) is 4.40 Å². The van der Waals surface area contributed by atoms with Gasteiger partial charge in [0.05, 0.1) is 16.6 Å². The van der Waals surface area contributed by atoms with E-state index in [2.05, 4.69) is 108 Å². The minimum Gasteiger partial charge on any atom is -0.309 e. The van der Waals surface area contributed by atoms with Crippen molar-refractivity contribution in [1.29, 1.82) is 0 Å². The number of nitrogens with zero attached hydrogens (tertiary/aromatic N) is 1. The number of hydrogen-bond acceptors (Lipinski definition) is 0. The summed E-state index contributed by atoms with van der Waals surface area (Å²) >= 11 is 0. The van der Waals surface area contributed by atoms with Crippen LogP contribution in [0.15, 0.2) is 103 Å². The highest BCUT2D eigenvalue weighted by Crippen LogP contribution is 2.48. The van der Waals surface area contributed by atoms with Gasteiger partial charge in [-0.25, -0.2) is 0 Å². The van der Waals surface area contributed by atoms with Crippen LogP contribution >= 0.6 is 0 Å². The van der Waals surface area contributed by atoms with E-state index in [1.54, 1.807) is 0 Å². The van der Waals surface area contributed by atoms with E-state index in [9.17, 15) is 0 Å². The third kappa shape index (κ3) is 2.19. The Bertz CT molecular complexity index is 2050. The minimum atomic E-state index is 0.993. The van der Waals surface area contributed by atoms with Crippen LogP contribution in [-0.2, 0) is 12.8 Å². The monoisotopic (exact) mass is 443 g/mol. The van der Waals surface area contributed by atoms with Gasteiger partial charge in [-0.2, -0.15) is 0 Å². The van der Waals surface area contributed by atoms with Crippen molar-refractivity contribution in [3.8, 4) is 22.3 Å². The number of benzene rings is 5. The van der Waals surface area contributed by atoms with Gasteiger partial charge in [-0.1, -0.05) is 72.8 Å². The summed E-state index contributed by atoms with van der Waals surface area (Å²) in [4.78, 5) is 0. The SMILES string of the molecule is c1ccc2c(c1)Cc1cc3c(cc1-2)Cc1c-3ccc2c3ccccc3n3c4ccccc4cc3c12. The van der Waals surface area contributed by atoms with Gasteiger partial charge < -0.3 is 4.40 Å². The molecule has 0 fully saturated rings. The predicted molar refractivity (Wildman–Crippen MR) is 146 cm³/mol. The molecule has 2 aliphatic carbocycles. The van der Waals surface area contributed by atoms with E-state index in [0.717, 1.165) is 12.8 Å². The fourth-order valence-corrected chi connectivity index (χ4v) is 6.91. The molecule has 7 aromatic rings. The normalized spacial score (nSPS) is 13.5. The van der Waals surface area contributed by atoms with Gasteiger partial charge >= 0.3 is 0 Å². The predicted octanol–water partition coefficient (Wildman–Crippen LogP) is 8.54.